The molecule has 0 aliphatic heterocycles. The molecule has 0 fully saturated rings. The van der Waals surface area contributed by atoms with Gasteiger partial charge in [-0.3, -0.25) is 4.79 Å². The summed E-state index contributed by atoms with van der Waals surface area (Å²) in [4.78, 5) is 23.4. The summed E-state index contributed by atoms with van der Waals surface area (Å²) in [5.41, 5.74) is 8.92. The van der Waals surface area contributed by atoms with Gasteiger partial charge in [0.2, 0.25) is 0 Å². The molecule has 3 rings (SSSR count). The van der Waals surface area contributed by atoms with Crippen LogP contribution in [0.5, 0.6) is 0 Å². The first-order valence-corrected chi connectivity index (χ1v) is 9.77. The highest BCUT2D eigenvalue weighted by molar-refractivity contribution is 6.03. The molecular formula is C23H27N5O2. The van der Waals surface area contributed by atoms with Gasteiger partial charge in [-0.2, -0.15) is 5.10 Å². The molecule has 0 saturated carbocycles. The third-order valence-electron chi connectivity index (χ3n) is 4.79. The monoisotopic (exact) mass is 405 g/mol. The third-order valence-corrected chi connectivity index (χ3v) is 4.79. The van der Waals surface area contributed by atoms with Crippen molar-refractivity contribution in [2.75, 3.05) is 5.32 Å². The smallest absolute Gasteiger partial charge is 0.312 e. The Morgan fingerprint density at radius 3 is 2.20 bits per heavy atom. The highest BCUT2D eigenvalue weighted by atomic mass is 16.2. The number of benzene rings is 2. The maximum absolute atomic E-state index is 12.6. The summed E-state index contributed by atoms with van der Waals surface area (Å²) in [6.07, 6.45) is 1.66. The van der Waals surface area contributed by atoms with E-state index >= 15 is 0 Å². The van der Waals surface area contributed by atoms with Crippen molar-refractivity contribution >= 4 is 17.8 Å². The summed E-state index contributed by atoms with van der Waals surface area (Å²) < 4.78 is 1.76. The van der Waals surface area contributed by atoms with E-state index in [1.807, 2.05) is 0 Å². The fourth-order valence-electron chi connectivity index (χ4n) is 3.00. The van der Waals surface area contributed by atoms with E-state index in [1.54, 1.807) is 41.2 Å². The second-order valence-corrected chi connectivity index (χ2v) is 8.19. The van der Waals surface area contributed by atoms with Gasteiger partial charge in [-0.15, -0.1) is 0 Å². The van der Waals surface area contributed by atoms with E-state index in [4.69, 9.17) is 5.73 Å². The number of amides is 3. The number of hydrogen-bond donors (Lipinski definition) is 3. The number of aromatic nitrogens is 2. The van der Waals surface area contributed by atoms with Crippen LogP contribution in [0.4, 0.5) is 10.6 Å². The van der Waals surface area contributed by atoms with Crippen LogP contribution in [0.2, 0.25) is 0 Å². The second-order valence-electron chi connectivity index (χ2n) is 8.19. The summed E-state index contributed by atoms with van der Waals surface area (Å²) in [6.45, 7) is 7.43. The Hall–Kier alpha value is -3.61. The van der Waals surface area contributed by atoms with Gasteiger partial charge in [0.25, 0.3) is 5.91 Å². The van der Waals surface area contributed by atoms with E-state index in [-0.39, 0.29) is 11.3 Å². The summed E-state index contributed by atoms with van der Waals surface area (Å²) in [5, 5.41) is 9.75. The van der Waals surface area contributed by atoms with Crippen molar-refractivity contribution in [3.63, 3.8) is 0 Å². The van der Waals surface area contributed by atoms with Crippen molar-refractivity contribution in [3.8, 4) is 0 Å². The average Bonchev–Trinajstić information content (AvgIpc) is 3.13. The third kappa shape index (κ3) is 5.47. The molecule has 0 atom stereocenters. The largest absolute Gasteiger partial charge is 0.352 e. The Morgan fingerprint density at radius 2 is 1.60 bits per heavy atom. The Morgan fingerprint density at radius 1 is 0.967 bits per heavy atom. The van der Waals surface area contributed by atoms with Gasteiger partial charge in [-0.25, -0.2) is 9.48 Å². The van der Waals surface area contributed by atoms with E-state index in [0.29, 0.717) is 24.5 Å². The molecule has 2 aromatic carbocycles. The highest BCUT2D eigenvalue weighted by Gasteiger charge is 2.14. The van der Waals surface area contributed by atoms with Gasteiger partial charge in [0.1, 0.15) is 5.82 Å². The molecule has 0 saturated heterocycles. The topological polar surface area (TPSA) is 102 Å². The Labute approximate surface area is 176 Å². The first-order chi connectivity index (χ1) is 14.2. The summed E-state index contributed by atoms with van der Waals surface area (Å²) >= 11 is 0. The fourth-order valence-corrected chi connectivity index (χ4v) is 3.00. The van der Waals surface area contributed by atoms with Crippen molar-refractivity contribution in [1.82, 2.24) is 15.1 Å². The molecule has 0 radical (unpaired) electrons. The van der Waals surface area contributed by atoms with Gasteiger partial charge in [-0.05, 0) is 34.2 Å². The van der Waals surface area contributed by atoms with Crippen molar-refractivity contribution in [1.29, 1.82) is 0 Å². The SMILES string of the molecule is CC(C)(C)c1ccc(Cn2nccc2NC(=O)c2ccc(CNC(N)=O)cc2)cc1. The lowest BCUT2D eigenvalue weighted by Gasteiger charge is -2.19. The van der Waals surface area contributed by atoms with Crippen LogP contribution in [0.15, 0.2) is 60.8 Å². The minimum atomic E-state index is -0.585. The first kappa shape index (κ1) is 21.1. The van der Waals surface area contributed by atoms with Gasteiger partial charge >= 0.3 is 6.03 Å². The molecule has 0 spiro atoms. The molecule has 1 heterocycles. The zero-order chi connectivity index (χ0) is 21.7. The van der Waals surface area contributed by atoms with Crippen LogP contribution < -0.4 is 16.4 Å². The molecule has 7 nitrogen and oxygen atoms in total. The molecule has 0 aliphatic carbocycles. The minimum absolute atomic E-state index is 0.106. The zero-order valence-electron chi connectivity index (χ0n) is 17.5. The lowest BCUT2D eigenvalue weighted by Crippen LogP contribution is -2.28. The van der Waals surface area contributed by atoms with Crippen molar-refractivity contribution in [3.05, 3.63) is 83.0 Å². The van der Waals surface area contributed by atoms with Crippen molar-refractivity contribution < 1.29 is 9.59 Å². The highest BCUT2D eigenvalue weighted by Crippen LogP contribution is 2.22. The van der Waals surface area contributed by atoms with Gasteiger partial charge in [-0.1, -0.05) is 57.2 Å². The predicted octanol–water partition coefficient (Wildman–Crippen LogP) is 3.65. The first-order valence-electron chi connectivity index (χ1n) is 9.77. The van der Waals surface area contributed by atoms with E-state index in [9.17, 15) is 9.59 Å². The van der Waals surface area contributed by atoms with Gasteiger partial charge in [0, 0.05) is 18.2 Å². The number of hydrogen-bond acceptors (Lipinski definition) is 3. The fraction of sp³-hybridized carbons (Fsp3) is 0.261. The average molecular weight is 406 g/mol. The maximum atomic E-state index is 12.6. The number of nitrogens with one attached hydrogen (secondary N) is 2. The summed E-state index contributed by atoms with van der Waals surface area (Å²) in [5.74, 6) is 0.397. The van der Waals surface area contributed by atoms with E-state index < -0.39 is 6.03 Å². The Balaban J connectivity index is 1.65. The maximum Gasteiger partial charge on any atom is 0.312 e. The van der Waals surface area contributed by atoms with Crippen LogP contribution in [0.3, 0.4) is 0 Å². The van der Waals surface area contributed by atoms with Crippen molar-refractivity contribution in [2.24, 2.45) is 5.73 Å². The van der Waals surface area contributed by atoms with Crippen molar-refractivity contribution in [2.45, 2.75) is 39.3 Å². The number of carbonyl (C=O) groups excluding carboxylic acids is 2. The molecule has 30 heavy (non-hydrogen) atoms. The number of primary amides is 1. The molecule has 0 unspecified atom stereocenters. The van der Waals surface area contributed by atoms with Gasteiger partial charge in [0.05, 0.1) is 12.7 Å². The van der Waals surface area contributed by atoms with Crippen LogP contribution in [0.1, 0.15) is 47.8 Å². The number of urea groups is 1. The minimum Gasteiger partial charge on any atom is -0.352 e. The molecule has 0 bridgehead atoms. The van der Waals surface area contributed by atoms with Crippen LogP contribution >= 0.6 is 0 Å². The predicted molar refractivity (Wildman–Crippen MR) is 117 cm³/mol. The lowest BCUT2D eigenvalue weighted by molar-refractivity contribution is 0.102. The Bertz CT molecular complexity index is 1010. The van der Waals surface area contributed by atoms with Crippen LogP contribution in [-0.2, 0) is 18.5 Å². The van der Waals surface area contributed by atoms with Crippen LogP contribution in [-0.4, -0.2) is 21.7 Å². The van der Waals surface area contributed by atoms with Crippen LogP contribution in [0, 0.1) is 0 Å². The van der Waals surface area contributed by atoms with Crippen LogP contribution in [0.25, 0.3) is 0 Å². The zero-order valence-corrected chi connectivity index (χ0v) is 17.5. The molecule has 3 amide bonds. The van der Waals surface area contributed by atoms with E-state index in [2.05, 4.69) is 60.8 Å². The normalized spacial score (nSPS) is 11.2. The lowest BCUT2D eigenvalue weighted by atomic mass is 9.87. The quantitative estimate of drug-likeness (QED) is 0.583. The van der Waals surface area contributed by atoms with Gasteiger partial charge in [0.15, 0.2) is 0 Å². The molecule has 7 heteroatoms. The number of nitrogens with two attached hydrogens (primary N) is 1. The van der Waals surface area contributed by atoms with Gasteiger partial charge < -0.3 is 16.4 Å². The molecule has 4 N–H and O–H groups in total. The number of rotatable bonds is 6. The summed E-state index contributed by atoms with van der Waals surface area (Å²) in [7, 11) is 0. The molecular weight excluding hydrogens is 378 g/mol. The second kappa shape index (κ2) is 8.82. The molecule has 3 aromatic rings. The Kier molecular flexibility index (Phi) is 6.20. The molecule has 1 aromatic heterocycles. The number of nitrogens with zero attached hydrogens (tertiary/aromatic N) is 2. The summed E-state index contributed by atoms with van der Waals surface area (Å²) in [6, 6.07) is 16.6. The molecule has 0 aliphatic rings. The molecule has 156 valence electrons. The standard InChI is InChI=1S/C23H27N5O2/c1-23(2,3)19-10-6-17(7-11-19)15-28-20(12-13-26-28)27-21(29)18-8-4-16(5-9-18)14-25-22(24)30/h4-13H,14-15H2,1-3H3,(H,27,29)(H3,24,25,30). The number of anilines is 1. The number of carbonyl (C=O) groups is 2. The van der Waals surface area contributed by atoms with E-state index in [1.165, 1.54) is 5.56 Å². The van der Waals surface area contributed by atoms with E-state index in [0.717, 1.165) is 11.1 Å².